The molecule has 17 heavy (non-hydrogen) atoms. The first kappa shape index (κ1) is 13.8. The number of carbonyl (C=O) groups is 2. The van der Waals surface area contributed by atoms with Crippen molar-refractivity contribution in [3.63, 3.8) is 0 Å². The first-order valence-electron chi connectivity index (χ1n) is 5.51. The molecule has 0 unspecified atom stereocenters. The fourth-order valence-electron chi connectivity index (χ4n) is 1.50. The lowest BCUT2D eigenvalue weighted by Crippen LogP contribution is -2.39. The summed E-state index contributed by atoms with van der Waals surface area (Å²) in [5, 5.41) is 2.65. The summed E-state index contributed by atoms with van der Waals surface area (Å²) in [6.45, 7) is 5.65. The lowest BCUT2D eigenvalue weighted by atomic mass is 10.2. The second-order valence-electron chi connectivity index (χ2n) is 4.92. The molecule has 0 aromatic heterocycles. The smallest absolute Gasteiger partial charge is 0.407 e. The van der Waals surface area contributed by atoms with Gasteiger partial charge in [0.1, 0.15) is 5.60 Å². The van der Waals surface area contributed by atoms with Crippen molar-refractivity contribution in [2.45, 2.75) is 44.9 Å². The normalized spacial score (nSPS) is 24.2. The molecule has 1 saturated heterocycles. The molecule has 0 aliphatic carbocycles. The van der Waals surface area contributed by atoms with Gasteiger partial charge < -0.3 is 19.5 Å². The van der Waals surface area contributed by atoms with Crippen LogP contribution in [0.25, 0.3) is 0 Å². The summed E-state index contributed by atoms with van der Waals surface area (Å²) in [6, 6.07) is -0.214. The highest BCUT2D eigenvalue weighted by molar-refractivity contribution is 5.75. The van der Waals surface area contributed by atoms with E-state index < -0.39 is 23.8 Å². The van der Waals surface area contributed by atoms with E-state index in [4.69, 9.17) is 9.47 Å². The average Bonchev–Trinajstić information content (AvgIpc) is 2.62. The van der Waals surface area contributed by atoms with Gasteiger partial charge in [-0.25, -0.2) is 9.59 Å². The highest BCUT2D eigenvalue weighted by Crippen LogP contribution is 2.15. The van der Waals surface area contributed by atoms with Crippen LogP contribution in [0.4, 0.5) is 4.79 Å². The number of hydrogen-bond donors (Lipinski definition) is 1. The van der Waals surface area contributed by atoms with E-state index in [-0.39, 0.29) is 6.04 Å². The zero-order valence-electron chi connectivity index (χ0n) is 10.6. The quantitative estimate of drug-likeness (QED) is 0.730. The molecule has 6 nitrogen and oxygen atoms in total. The van der Waals surface area contributed by atoms with E-state index in [1.54, 1.807) is 20.8 Å². The minimum Gasteiger partial charge on any atom is -0.467 e. The maximum atomic E-state index is 11.5. The Hall–Kier alpha value is -1.30. The van der Waals surface area contributed by atoms with Gasteiger partial charge in [0.2, 0.25) is 0 Å². The van der Waals surface area contributed by atoms with Gasteiger partial charge in [-0.2, -0.15) is 0 Å². The highest BCUT2D eigenvalue weighted by Gasteiger charge is 2.33. The molecular weight excluding hydrogens is 226 g/mol. The molecule has 0 radical (unpaired) electrons. The highest BCUT2D eigenvalue weighted by atomic mass is 16.6. The number of amides is 1. The van der Waals surface area contributed by atoms with Gasteiger partial charge in [0.05, 0.1) is 19.8 Å². The Morgan fingerprint density at radius 2 is 2.00 bits per heavy atom. The summed E-state index contributed by atoms with van der Waals surface area (Å²) < 4.78 is 14.9. The van der Waals surface area contributed by atoms with Crippen LogP contribution in [0.2, 0.25) is 0 Å². The van der Waals surface area contributed by atoms with Crippen molar-refractivity contribution in [1.29, 1.82) is 0 Å². The van der Waals surface area contributed by atoms with Crippen LogP contribution in [0.15, 0.2) is 0 Å². The zero-order valence-corrected chi connectivity index (χ0v) is 10.6. The third-order valence-corrected chi connectivity index (χ3v) is 2.18. The van der Waals surface area contributed by atoms with E-state index >= 15 is 0 Å². The van der Waals surface area contributed by atoms with Gasteiger partial charge in [0.25, 0.3) is 0 Å². The summed E-state index contributed by atoms with van der Waals surface area (Å²) in [7, 11) is 1.31. The zero-order chi connectivity index (χ0) is 13.1. The fourth-order valence-corrected chi connectivity index (χ4v) is 1.50. The molecule has 1 heterocycles. The fraction of sp³-hybridized carbons (Fsp3) is 0.818. The summed E-state index contributed by atoms with van der Waals surface area (Å²) in [6.07, 6.45) is -0.692. The maximum absolute atomic E-state index is 11.5. The Balaban J connectivity index is 2.35. The minimum absolute atomic E-state index is 0.214. The van der Waals surface area contributed by atoms with Crippen LogP contribution in [0, 0.1) is 0 Å². The number of nitrogens with one attached hydrogen (secondary N) is 1. The van der Waals surface area contributed by atoms with Crippen LogP contribution < -0.4 is 5.32 Å². The van der Waals surface area contributed by atoms with Crippen molar-refractivity contribution in [2.24, 2.45) is 0 Å². The number of carbonyl (C=O) groups excluding carboxylic acids is 2. The predicted octanol–water partition coefficient (Wildman–Crippen LogP) is 0.842. The number of methoxy groups -OCH3 is 1. The Morgan fingerprint density at radius 1 is 1.35 bits per heavy atom. The SMILES string of the molecule is COC(=O)[C@H]1C[C@@H](NC(=O)OC(C)(C)C)CO1. The van der Waals surface area contributed by atoms with Crippen LogP contribution in [-0.2, 0) is 19.0 Å². The van der Waals surface area contributed by atoms with Crippen LogP contribution in [0.1, 0.15) is 27.2 Å². The summed E-state index contributed by atoms with van der Waals surface area (Å²) in [5.41, 5.74) is -0.536. The molecule has 0 aromatic carbocycles. The molecule has 2 atom stereocenters. The van der Waals surface area contributed by atoms with E-state index in [0.29, 0.717) is 13.0 Å². The molecule has 1 fully saturated rings. The van der Waals surface area contributed by atoms with Crippen molar-refractivity contribution >= 4 is 12.1 Å². The van der Waals surface area contributed by atoms with Crippen molar-refractivity contribution in [1.82, 2.24) is 5.32 Å². The van der Waals surface area contributed by atoms with Gasteiger partial charge in [-0.3, -0.25) is 0 Å². The van der Waals surface area contributed by atoms with E-state index in [9.17, 15) is 9.59 Å². The lowest BCUT2D eigenvalue weighted by molar-refractivity contribution is -0.151. The molecule has 0 aromatic rings. The molecule has 0 spiro atoms. The number of rotatable bonds is 2. The van der Waals surface area contributed by atoms with Crippen molar-refractivity contribution < 1.29 is 23.8 Å². The third kappa shape index (κ3) is 4.60. The van der Waals surface area contributed by atoms with Gasteiger partial charge >= 0.3 is 12.1 Å². The summed E-state index contributed by atoms with van der Waals surface area (Å²) in [5.74, 6) is -0.418. The van der Waals surface area contributed by atoms with Gasteiger partial charge in [-0.05, 0) is 20.8 Å². The molecule has 0 saturated carbocycles. The van der Waals surface area contributed by atoms with E-state index in [1.807, 2.05) is 0 Å². The molecule has 1 N–H and O–H groups in total. The predicted molar refractivity (Wildman–Crippen MR) is 59.5 cm³/mol. The van der Waals surface area contributed by atoms with E-state index in [1.165, 1.54) is 7.11 Å². The van der Waals surface area contributed by atoms with Crippen molar-refractivity contribution in [3.05, 3.63) is 0 Å². The minimum atomic E-state index is -0.597. The van der Waals surface area contributed by atoms with E-state index in [0.717, 1.165) is 0 Å². The molecular formula is C11H19NO5. The molecule has 98 valence electrons. The third-order valence-electron chi connectivity index (χ3n) is 2.18. The average molecular weight is 245 g/mol. The molecule has 1 aliphatic heterocycles. The largest absolute Gasteiger partial charge is 0.467 e. The molecule has 0 bridgehead atoms. The first-order valence-corrected chi connectivity index (χ1v) is 5.51. The Morgan fingerprint density at radius 3 is 2.53 bits per heavy atom. The van der Waals surface area contributed by atoms with Gasteiger partial charge in [-0.15, -0.1) is 0 Å². The lowest BCUT2D eigenvalue weighted by Gasteiger charge is -2.21. The first-order chi connectivity index (χ1) is 7.81. The molecule has 1 aliphatic rings. The summed E-state index contributed by atoms with van der Waals surface area (Å²) >= 11 is 0. The van der Waals surface area contributed by atoms with Crippen molar-refractivity contribution in [3.8, 4) is 0 Å². The molecule has 1 amide bonds. The molecule has 6 heteroatoms. The van der Waals surface area contributed by atoms with Gasteiger partial charge in [0, 0.05) is 6.42 Å². The standard InChI is InChI=1S/C11H19NO5/c1-11(2,3)17-10(14)12-7-5-8(16-6-7)9(13)15-4/h7-8H,5-6H2,1-4H3,(H,12,14)/t7-,8-/m1/s1. The number of hydrogen-bond acceptors (Lipinski definition) is 5. The van der Waals surface area contributed by atoms with Gasteiger partial charge in [0.15, 0.2) is 6.10 Å². The van der Waals surface area contributed by atoms with Crippen LogP contribution in [0.5, 0.6) is 0 Å². The van der Waals surface area contributed by atoms with Crippen LogP contribution in [0.3, 0.4) is 0 Å². The number of ether oxygens (including phenoxy) is 3. The number of alkyl carbamates (subject to hydrolysis) is 1. The second kappa shape index (κ2) is 5.35. The van der Waals surface area contributed by atoms with Crippen LogP contribution >= 0.6 is 0 Å². The second-order valence-corrected chi connectivity index (χ2v) is 4.92. The Bertz CT molecular complexity index is 297. The Kier molecular flexibility index (Phi) is 4.34. The summed E-state index contributed by atoms with van der Waals surface area (Å²) in [4.78, 5) is 22.6. The molecule has 1 rings (SSSR count). The van der Waals surface area contributed by atoms with Gasteiger partial charge in [-0.1, -0.05) is 0 Å². The van der Waals surface area contributed by atoms with Crippen molar-refractivity contribution in [2.75, 3.05) is 13.7 Å². The van der Waals surface area contributed by atoms with E-state index in [2.05, 4.69) is 10.1 Å². The monoisotopic (exact) mass is 245 g/mol. The Labute approximate surface area is 101 Å². The topological polar surface area (TPSA) is 73.9 Å². The van der Waals surface area contributed by atoms with Crippen LogP contribution in [-0.4, -0.2) is 43.5 Å². The number of esters is 1. The maximum Gasteiger partial charge on any atom is 0.407 e.